The Kier molecular flexibility index (Phi) is 3.99. The smallest absolute Gasteiger partial charge is 0.345 e. The third-order valence-corrected chi connectivity index (χ3v) is 5.55. The lowest BCUT2D eigenvalue weighted by atomic mass is 10.1. The molecular weight excluding hydrogens is 360 g/mol. The molecule has 1 aliphatic rings. The maximum absolute atomic E-state index is 12.6. The van der Waals surface area contributed by atoms with E-state index < -0.39 is 0 Å². The SMILES string of the molecule is O=c1oc2c3c(ccc2cc1-c1cccs1)OCN(Cc1ccccn1)C3. The molecule has 4 heterocycles. The minimum absolute atomic E-state index is 0.319. The van der Waals surface area contributed by atoms with Crippen molar-refractivity contribution < 1.29 is 9.15 Å². The van der Waals surface area contributed by atoms with Crippen LogP contribution in [0.15, 0.2) is 69.3 Å². The molecule has 0 spiro atoms. The number of thiophene rings is 1. The Hall–Kier alpha value is -2.96. The summed E-state index contributed by atoms with van der Waals surface area (Å²) in [6.07, 6.45) is 1.79. The highest BCUT2D eigenvalue weighted by Crippen LogP contribution is 2.34. The van der Waals surface area contributed by atoms with Crippen molar-refractivity contribution in [3.8, 4) is 16.2 Å². The number of hydrogen-bond donors (Lipinski definition) is 0. The van der Waals surface area contributed by atoms with E-state index in [4.69, 9.17) is 9.15 Å². The van der Waals surface area contributed by atoms with Gasteiger partial charge in [-0.2, -0.15) is 0 Å². The van der Waals surface area contributed by atoms with E-state index >= 15 is 0 Å². The molecule has 6 heteroatoms. The quantitative estimate of drug-likeness (QED) is 0.500. The van der Waals surface area contributed by atoms with Crippen LogP contribution in [0.1, 0.15) is 11.3 Å². The van der Waals surface area contributed by atoms with Crippen LogP contribution in [0.2, 0.25) is 0 Å². The molecule has 0 unspecified atom stereocenters. The van der Waals surface area contributed by atoms with E-state index in [0.29, 0.717) is 31.0 Å². The zero-order valence-corrected chi connectivity index (χ0v) is 15.2. The predicted molar refractivity (Wildman–Crippen MR) is 105 cm³/mol. The summed E-state index contributed by atoms with van der Waals surface area (Å²) >= 11 is 1.53. The number of benzene rings is 1. The molecule has 0 aliphatic carbocycles. The molecule has 5 nitrogen and oxygen atoms in total. The molecule has 0 saturated heterocycles. The van der Waals surface area contributed by atoms with Crippen LogP contribution in [0, 0.1) is 0 Å². The van der Waals surface area contributed by atoms with Crippen molar-refractivity contribution in [1.82, 2.24) is 9.88 Å². The van der Waals surface area contributed by atoms with Gasteiger partial charge in [0.2, 0.25) is 0 Å². The summed E-state index contributed by atoms with van der Waals surface area (Å²) in [5.74, 6) is 0.770. The lowest BCUT2D eigenvalue weighted by molar-refractivity contribution is 0.0878. The van der Waals surface area contributed by atoms with Gasteiger partial charge in [-0.1, -0.05) is 12.1 Å². The van der Waals surface area contributed by atoms with Crippen LogP contribution in [0.25, 0.3) is 21.4 Å². The van der Waals surface area contributed by atoms with Crippen molar-refractivity contribution in [2.75, 3.05) is 6.73 Å². The van der Waals surface area contributed by atoms with E-state index in [2.05, 4.69) is 9.88 Å². The molecule has 0 amide bonds. The molecule has 27 heavy (non-hydrogen) atoms. The van der Waals surface area contributed by atoms with Gasteiger partial charge < -0.3 is 9.15 Å². The van der Waals surface area contributed by atoms with Crippen molar-refractivity contribution in [3.05, 3.63) is 81.8 Å². The molecule has 1 aliphatic heterocycles. The first-order chi connectivity index (χ1) is 13.3. The maximum atomic E-state index is 12.6. The van der Waals surface area contributed by atoms with Gasteiger partial charge in [0.05, 0.1) is 16.8 Å². The molecule has 0 bridgehead atoms. The van der Waals surface area contributed by atoms with Gasteiger partial charge in [0.1, 0.15) is 18.1 Å². The Balaban J connectivity index is 1.54. The van der Waals surface area contributed by atoms with Crippen molar-refractivity contribution in [1.29, 1.82) is 0 Å². The van der Waals surface area contributed by atoms with E-state index in [0.717, 1.165) is 27.3 Å². The number of hydrogen-bond acceptors (Lipinski definition) is 6. The minimum atomic E-state index is -0.319. The van der Waals surface area contributed by atoms with Crippen molar-refractivity contribution in [2.24, 2.45) is 0 Å². The van der Waals surface area contributed by atoms with Gasteiger partial charge in [0.15, 0.2) is 0 Å². The molecule has 0 radical (unpaired) electrons. The summed E-state index contributed by atoms with van der Waals surface area (Å²) in [6, 6.07) is 15.5. The standard InChI is InChI=1S/C21H16N2O3S/c24-21-16(19-5-3-9-27-19)10-14-6-7-18-17(20(14)26-21)12-23(13-25-18)11-15-4-1-2-8-22-15/h1-10H,11-13H2. The first kappa shape index (κ1) is 16.2. The fourth-order valence-electron chi connectivity index (χ4n) is 3.37. The predicted octanol–water partition coefficient (Wildman–Crippen LogP) is 4.27. The lowest BCUT2D eigenvalue weighted by Gasteiger charge is -2.29. The van der Waals surface area contributed by atoms with Gasteiger partial charge in [-0.15, -0.1) is 11.3 Å². The van der Waals surface area contributed by atoms with Gasteiger partial charge in [0, 0.05) is 29.5 Å². The number of ether oxygens (including phenoxy) is 1. The molecular formula is C21H16N2O3S. The molecule has 4 aromatic rings. The Bertz CT molecular complexity index is 1150. The van der Waals surface area contributed by atoms with Crippen molar-refractivity contribution >= 4 is 22.3 Å². The van der Waals surface area contributed by atoms with Crippen LogP contribution < -0.4 is 10.4 Å². The maximum Gasteiger partial charge on any atom is 0.345 e. The molecule has 0 saturated carbocycles. The van der Waals surface area contributed by atoms with Gasteiger partial charge in [-0.25, -0.2) is 4.79 Å². The molecule has 0 fully saturated rings. The molecule has 0 N–H and O–H groups in total. The topological polar surface area (TPSA) is 55.6 Å². The molecule has 5 rings (SSSR count). The zero-order valence-electron chi connectivity index (χ0n) is 14.4. The van der Waals surface area contributed by atoms with Gasteiger partial charge in [-0.3, -0.25) is 9.88 Å². The van der Waals surface area contributed by atoms with E-state index in [1.807, 2.05) is 53.9 Å². The Morgan fingerprint density at radius 3 is 2.93 bits per heavy atom. The van der Waals surface area contributed by atoms with E-state index in [9.17, 15) is 4.79 Å². The molecule has 0 atom stereocenters. The normalized spacial score (nSPS) is 14.1. The number of rotatable bonds is 3. The summed E-state index contributed by atoms with van der Waals surface area (Å²) in [4.78, 5) is 20.0. The van der Waals surface area contributed by atoms with Crippen LogP contribution in [-0.4, -0.2) is 16.6 Å². The molecule has 3 aromatic heterocycles. The summed E-state index contributed by atoms with van der Waals surface area (Å²) in [7, 11) is 0. The summed E-state index contributed by atoms with van der Waals surface area (Å²) in [6.45, 7) is 1.80. The highest BCUT2D eigenvalue weighted by Gasteiger charge is 2.22. The van der Waals surface area contributed by atoms with Gasteiger partial charge >= 0.3 is 5.63 Å². The Morgan fingerprint density at radius 2 is 2.11 bits per heavy atom. The number of nitrogens with zero attached hydrogens (tertiary/aromatic N) is 2. The van der Waals surface area contributed by atoms with Crippen LogP contribution in [-0.2, 0) is 13.1 Å². The monoisotopic (exact) mass is 376 g/mol. The number of fused-ring (bicyclic) bond motifs is 3. The fraction of sp³-hybridized carbons (Fsp3) is 0.143. The molecule has 134 valence electrons. The van der Waals surface area contributed by atoms with Crippen molar-refractivity contribution in [3.63, 3.8) is 0 Å². The number of aromatic nitrogens is 1. The van der Waals surface area contributed by atoms with Crippen LogP contribution >= 0.6 is 11.3 Å². The Morgan fingerprint density at radius 1 is 1.15 bits per heavy atom. The van der Waals surface area contributed by atoms with Crippen LogP contribution in [0.4, 0.5) is 0 Å². The highest BCUT2D eigenvalue weighted by molar-refractivity contribution is 7.13. The van der Waals surface area contributed by atoms with Gasteiger partial charge in [0.25, 0.3) is 0 Å². The van der Waals surface area contributed by atoms with Crippen LogP contribution in [0.3, 0.4) is 0 Å². The second kappa shape index (κ2) is 6.64. The largest absolute Gasteiger partial charge is 0.478 e. The summed E-state index contributed by atoms with van der Waals surface area (Å²) in [5.41, 5.74) is 2.76. The lowest BCUT2D eigenvalue weighted by Crippen LogP contribution is -2.32. The minimum Gasteiger partial charge on any atom is -0.478 e. The summed E-state index contributed by atoms with van der Waals surface area (Å²) < 4.78 is 11.6. The average Bonchev–Trinajstić information content (AvgIpc) is 3.23. The third kappa shape index (κ3) is 3.03. The second-order valence-electron chi connectivity index (χ2n) is 6.47. The highest BCUT2D eigenvalue weighted by atomic mass is 32.1. The summed E-state index contributed by atoms with van der Waals surface area (Å²) in [5, 5.41) is 2.86. The van der Waals surface area contributed by atoms with E-state index in [1.54, 1.807) is 6.20 Å². The first-order valence-corrected chi connectivity index (χ1v) is 9.54. The first-order valence-electron chi connectivity index (χ1n) is 8.66. The molecule has 1 aromatic carbocycles. The Labute approximate surface area is 159 Å². The zero-order chi connectivity index (χ0) is 18.2. The van der Waals surface area contributed by atoms with E-state index in [1.165, 1.54) is 11.3 Å². The number of pyridine rings is 1. The fourth-order valence-corrected chi connectivity index (χ4v) is 4.10. The van der Waals surface area contributed by atoms with E-state index in [-0.39, 0.29) is 5.63 Å². The van der Waals surface area contributed by atoms with Crippen LogP contribution in [0.5, 0.6) is 5.75 Å². The third-order valence-electron chi connectivity index (χ3n) is 4.65. The van der Waals surface area contributed by atoms with Crippen molar-refractivity contribution in [2.45, 2.75) is 13.1 Å². The van der Waals surface area contributed by atoms with Gasteiger partial charge in [-0.05, 0) is 41.8 Å². The second-order valence-corrected chi connectivity index (χ2v) is 7.41. The average molecular weight is 376 g/mol.